The monoisotopic (exact) mass is 271 g/mol. The Morgan fingerprint density at radius 1 is 0.800 bits per heavy atom. The van der Waals surface area contributed by atoms with Crippen molar-refractivity contribution >= 4 is 0 Å². The molecule has 0 spiro atoms. The number of hydrogen-bond acceptors (Lipinski definition) is 0. The summed E-state index contributed by atoms with van der Waals surface area (Å²) in [5.41, 5.74) is 5.33. The van der Waals surface area contributed by atoms with Gasteiger partial charge in [-0.3, -0.25) is 0 Å². The number of quaternary nitrogens is 1. The molecule has 0 atom stereocenters. The highest BCUT2D eigenvalue weighted by Crippen LogP contribution is 2.08. The lowest BCUT2D eigenvalue weighted by molar-refractivity contribution is -0.368. The summed E-state index contributed by atoms with van der Waals surface area (Å²) in [6.07, 6.45) is 7.98. The lowest BCUT2D eigenvalue weighted by Crippen LogP contribution is -3.00. The van der Waals surface area contributed by atoms with Gasteiger partial charge in [-0.05, 0) is 31.2 Å². The van der Waals surface area contributed by atoms with Gasteiger partial charge in [-0.2, -0.15) is 0 Å². The van der Waals surface area contributed by atoms with Crippen LogP contribution in [-0.4, -0.2) is 6.54 Å². The van der Waals surface area contributed by atoms with Crippen molar-refractivity contribution in [3.8, 4) is 0 Å². The van der Waals surface area contributed by atoms with E-state index in [4.69, 9.17) is 0 Å². The fraction of sp³-hybridized carbons (Fsp3) is 0.538. The molecule has 2 heteroatoms. The molecule has 3 N–H and O–H groups in total. The molecule has 15 heavy (non-hydrogen) atoms. The number of halogens is 1. The SMILES string of the molecule is [Br-].[NH3+]CCCCCCCc1ccccc1. The molecule has 1 aromatic rings. The molecular formula is C13H22BrN. The zero-order valence-electron chi connectivity index (χ0n) is 9.42. The molecule has 86 valence electrons. The molecule has 0 aliphatic heterocycles. The summed E-state index contributed by atoms with van der Waals surface area (Å²) >= 11 is 0. The average molecular weight is 272 g/mol. The predicted molar refractivity (Wildman–Crippen MR) is 61.0 cm³/mol. The van der Waals surface area contributed by atoms with Crippen LogP contribution in [0.4, 0.5) is 0 Å². The van der Waals surface area contributed by atoms with E-state index in [0.29, 0.717) is 0 Å². The van der Waals surface area contributed by atoms with E-state index in [1.54, 1.807) is 0 Å². The molecular weight excluding hydrogens is 250 g/mol. The molecule has 0 amide bonds. The summed E-state index contributed by atoms with van der Waals surface area (Å²) in [5, 5.41) is 0. The number of aryl methyl sites for hydroxylation is 1. The molecule has 0 aromatic heterocycles. The van der Waals surface area contributed by atoms with Crippen molar-refractivity contribution in [2.45, 2.75) is 38.5 Å². The van der Waals surface area contributed by atoms with Crippen molar-refractivity contribution in [3.05, 3.63) is 35.9 Å². The lowest BCUT2D eigenvalue weighted by atomic mass is 10.1. The molecule has 1 rings (SSSR count). The topological polar surface area (TPSA) is 27.6 Å². The first-order chi connectivity index (χ1) is 6.93. The van der Waals surface area contributed by atoms with E-state index < -0.39 is 0 Å². The normalized spacial score (nSPS) is 9.67. The second-order valence-electron chi connectivity index (χ2n) is 3.86. The van der Waals surface area contributed by atoms with Gasteiger partial charge in [-0.1, -0.05) is 43.2 Å². The Bertz CT molecular complexity index is 223. The summed E-state index contributed by atoms with van der Waals surface area (Å²) in [6, 6.07) is 10.8. The van der Waals surface area contributed by atoms with Crippen LogP contribution in [0.5, 0.6) is 0 Å². The number of hydrogen-bond donors (Lipinski definition) is 1. The van der Waals surface area contributed by atoms with E-state index in [2.05, 4.69) is 36.1 Å². The second kappa shape index (κ2) is 10.2. The fourth-order valence-electron chi connectivity index (χ4n) is 1.68. The van der Waals surface area contributed by atoms with Gasteiger partial charge in [-0.25, -0.2) is 0 Å². The maximum absolute atomic E-state index is 3.85. The van der Waals surface area contributed by atoms with E-state index in [9.17, 15) is 0 Å². The zero-order chi connectivity index (χ0) is 10.1. The Balaban J connectivity index is 0.00000196. The molecule has 1 nitrogen and oxygen atoms in total. The first-order valence-electron chi connectivity index (χ1n) is 5.76. The van der Waals surface area contributed by atoms with E-state index in [1.165, 1.54) is 44.1 Å². The summed E-state index contributed by atoms with van der Waals surface area (Å²) in [6.45, 7) is 1.10. The molecule has 0 aliphatic carbocycles. The summed E-state index contributed by atoms with van der Waals surface area (Å²) in [5.74, 6) is 0. The molecule has 0 saturated heterocycles. The number of unbranched alkanes of at least 4 members (excludes halogenated alkanes) is 4. The van der Waals surface area contributed by atoms with Crippen LogP contribution in [0, 0.1) is 0 Å². The highest BCUT2D eigenvalue weighted by Gasteiger charge is 1.92. The van der Waals surface area contributed by atoms with Gasteiger partial charge in [0.2, 0.25) is 0 Å². The lowest BCUT2D eigenvalue weighted by Gasteiger charge is -2.00. The Morgan fingerprint density at radius 2 is 1.40 bits per heavy atom. The largest absolute Gasteiger partial charge is 1.00 e. The Morgan fingerprint density at radius 3 is 2.07 bits per heavy atom. The Hall–Kier alpha value is -0.340. The average Bonchev–Trinajstić information content (AvgIpc) is 2.25. The van der Waals surface area contributed by atoms with Gasteiger partial charge in [0, 0.05) is 0 Å². The van der Waals surface area contributed by atoms with Gasteiger partial charge < -0.3 is 22.7 Å². The second-order valence-corrected chi connectivity index (χ2v) is 3.86. The van der Waals surface area contributed by atoms with Crippen molar-refractivity contribution in [3.63, 3.8) is 0 Å². The number of rotatable bonds is 7. The molecule has 0 heterocycles. The first-order valence-corrected chi connectivity index (χ1v) is 5.76. The fourth-order valence-corrected chi connectivity index (χ4v) is 1.68. The van der Waals surface area contributed by atoms with E-state index >= 15 is 0 Å². The highest BCUT2D eigenvalue weighted by molar-refractivity contribution is 5.14. The van der Waals surface area contributed by atoms with Crippen LogP contribution in [0.3, 0.4) is 0 Å². The first kappa shape index (κ1) is 14.7. The summed E-state index contributed by atoms with van der Waals surface area (Å²) in [7, 11) is 0. The maximum Gasteiger partial charge on any atom is 0.0739 e. The van der Waals surface area contributed by atoms with Crippen molar-refractivity contribution in [1.82, 2.24) is 0 Å². The summed E-state index contributed by atoms with van der Waals surface area (Å²) in [4.78, 5) is 0. The quantitative estimate of drug-likeness (QED) is 0.644. The summed E-state index contributed by atoms with van der Waals surface area (Å²) < 4.78 is 0. The maximum atomic E-state index is 3.85. The third-order valence-electron chi connectivity index (χ3n) is 2.56. The van der Waals surface area contributed by atoms with Crippen molar-refractivity contribution in [2.24, 2.45) is 0 Å². The minimum atomic E-state index is 0. The third kappa shape index (κ3) is 7.57. The molecule has 0 aliphatic rings. The molecule has 0 bridgehead atoms. The Labute approximate surface area is 104 Å². The van der Waals surface area contributed by atoms with Gasteiger partial charge in [0.25, 0.3) is 0 Å². The van der Waals surface area contributed by atoms with Crippen LogP contribution >= 0.6 is 0 Å². The smallest absolute Gasteiger partial charge is 0.0739 e. The van der Waals surface area contributed by atoms with Crippen LogP contribution in [0.25, 0.3) is 0 Å². The van der Waals surface area contributed by atoms with Gasteiger partial charge in [0.1, 0.15) is 0 Å². The van der Waals surface area contributed by atoms with Gasteiger partial charge in [0.15, 0.2) is 0 Å². The number of benzene rings is 1. The van der Waals surface area contributed by atoms with Crippen molar-refractivity contribution in [1.29, 1.82) is 0 Å². The zero-order valence-corrected chi connectivity index (χ0v) is 11.0. The van der Waals surface area contributed by atoms with E-state index in [-0.39, 0.29) is 17.0 Å². The molecule has 0 fully saturated rings. The van der Waals surface area contributed by atoms with Crippen molar-refractivity contribution in [2.75, 3.05) is 6.54 Å². The van der Waals surface area contributed by atoms with Gasteiger partial charge in [-0.15, -0.1) is 0 Å². The minimum absolute atomic E-state index is 0. The van der Waals surface area contributed by atoms with Crippen LogP contribution in [0.2, 0.25) is 0 Å². The highest BCUT2D eigenvalue weighted by atomic mass is 79.9. The molecule has 0 radical (unpaired) electrons. The minimum Gasteiger partial charge on any atom is -1.00 e. The molecule has 0 saturated carbocycles. The van der Waals surface area contributed by atoms with Gasteiger partial charge >= 0.3 is 0 Å². The molecule has 0 unspecified atom stereocenters. The van der Waals surface area contributed by atoms with E-state index in [1.807, 2.05) is 0 Å². The van der Waals surface area contributed by atoms with Crippen LogP contribution in [0.15, 0.2) is 30.3 Å². The molecule has 1 aromatic carbocycles. The van der Waals surface area contributed by atoms with Crippen LogP contribution in [0.1, 0.15) is 37.7 Å². The van der Waals surface area contributed by atoms with Crippen molar-refractivity contribution < 1.29 is 22.7 Å². The third-order valence-corrected chi connectivity index (χ3v) is 2.56. The Kier molecular flexibility index (Phi) is 9.96. The van der Waals surface area contributed by atoms with Crippen LogP contribution in [-0.2, 0) is 6.42 Å². The van der Waals surface area contributed by atoms with Gasteiger partial charge in [0.05, 0.1) is 6.54 Å². The standard InChI is InChI=1S/C13H21N.BrH/c14-12-8-3-1-2-5-9-13-10-6-4-7-11-13;/h4,6-7,10-11H,1-3,5,8-9,12,14H2;1H. The van der Waals surface area contributed by atoms with Crippen LogP contribution < -0.4 is 22.7 Å². The van der Waals surface area contributed by atoms with E-state index in [0.717, 1.165) is 6.54 Å². The predicted octanol–water partition coefficient (Wildman–Crippen LogP) is -0.574.